The van der Waals surface area contributed by atoms with Crippen LogP contribution < -0.4 is 10.1 Å². The number of nitrogens with one attached hydrogen (secondary N) is 1. The van der Waals surface area contributed by atoms with Gasteiger partial charge in [0.05, 0.1) is 12.2 Å². The fourth-order valence-electron chi connectivity index (χ4n) is 4.17. The van der Waals surface area contributed by atoms with Gasteiger partial charge in [-0.2, -0.15) is 0 Å². The van der Waals surface area contributed by atoms with Crippen molar-refractivity contribution in [2.75, 3.05) is 18.5 Å². The van der Waals surface area contributed by atoms with Crippen molar-refractivity contribution in [1.29, 1.82) is 0 Å². The third-order valence-corrected chi connectivity index (χ3v) is 5.95. The third kappa shape index (κ3) is 5.31. The number of amides is 1. The van der Waals surface area contributed by atoms with E-state index >= 15 is 0 Å². The molecule has 0 fully saturated rings. The van der Waals surface area contributed by atoms with E-state index in [-0.39, 0.29) is 12.1 Å². The Labute approximate surface area is 191 Å². The van der Waals surface area contributed by atoms with Crippen LogP contribution in [-0.4, -0.2) is 24.0 Å². The van der Waals surface area contributed by atoms with Crippen molar-refractivity contribution in [3.05, 3.63) is 95.6 Å². The van der Waals surface area contributed by atoms with Crippen LogP contribution in [-0.2, 0) is 6.42 Å². The van der Waals surface area contributed by atoms with Crippen molar-refractivity contribution in [3.63, 3.8) is 0 Å². The first kappa shape index (κ1) is 21.9. The quantitative estimate of drug-likeness (QED) is 0.377. The molecule has 1 atom stereocenters. The van der Waals surface area contributed by atoms with Gasteiger partial charge in [0.15, 0.2) is 0 Å². The summed E-state index contributed by atoms with van der Waals surface area (Å²) in [5.74, 6) is 0.918. The zero-order valence-electron chi connectivity index (χ0n) is 18.8. The minimum Gasteiger partial charge on any atom is -0.494 e. The van der Waals surface area contributed by atoms with Gasteiger partial charge in [-0.25, -0.2) is 0 Å². The van der Waals surface area contributed by atoms with Gasteiger partial charge in [0.2, 0.25) is 0 Å². The van der Waals surface area contributed by atoms with Crippen LogP contribution in [0.3, 0.4) is 0 Å². The highest BCUT2D eigenvalue weighted by Crippen LogP contribution is 2.34. The lowest BCUT2D eigenvalue weighted by atomic mass is 10.0. The summed E-state index contributed by atoms with van der Waals surface area (Å²) in [6, 6.07) is 26.2. The summed E-state index contributed by atoms with van der Waals surface area (Å²) in [6.07, 6.45) is 5.29. The fourth-order valence-corrected chi connectivity index (χ4v) is 4.17. The topological polar surface area (TPSA) is 41.6 Å². The molecule has 3 aromatic carbocycles. The monoisotopic (exact) mass is 428 g/mol. The normalized spacial score (nSPS) is 15.2. The Morgan fingerprint density at radius 2 is 1.72 bits per heavy atom. The Balaban J connectivity index is 1.54. The molecule has 32 heavy (non-hydrogen) atoms. The molecule has 0 radical (unpaired) electrons. The molecule has 0 aliphatic carbocycles. The molecule has 4 rings (SSSR count). The molecule has 166 valence electrons. The zero-order valence-corrected chi connectivity index (χ0v) is 18.8. The Hall–Kier alpha value is -3.27. The summed E-state index contributed by atoms with van der Waals surface area (Å²) in [7, 11) is 0. The minimum atomic E-state index is -0.232. The van der Waals surface area contributed by atoms with E-state index in [0.717, 1.165) is 42.0 Å². The summed E-state index contributed by atoms with van der Waals surface area (Å²) in [5, 5.41) is 3.59. The first-order chi connectivity index (χ1) is 15.8. The van der Waals surface area contributed by atoms with E-state index in [1.807, 2.05) is 59.5 Å². The highest BCUT2D eigenvalue weighted by molar-refractivity contribution is 6.01. The van der Waals surface area contributed by atoms with Gasteiger partial charge in [0.1, 0.15) is 11.9 Å². The molecule has 4 nitrogen and oxygen atoms in total. The highest BCUT2D eigenvalue weighted by Gasteiger charge is 2.32. The Morgan fingerprint density at radius 1 is 0.906 bits per heavy atom. The van der Waals surface area contributed by atoms with E-state index in [4.69, 9.17) is 4.74 Å². The number of anilines is 1. The zero-order chi connectivity index (χ0) is 22.2. The summed E-state index contributed by atoms with van der Waals surface area (Å²) in [6.45, 7) is 3.57. The highest BCUT2D eigenvalue weighted by atomic mass is 16.5. The van der Waals surface area contributed by atoms with Crippen LogP contribution in [0.25, 0.3) is 0 Å². The molecule has 0 spiro atoms. The van der Waals surface area contributed by atoms with E-state index < -0.39 is 0 Å². The number of carbonyl (C=O) groups is 1. The maximum Gasteiger partial charge on any atom is 0.257 e. The van der Waals surface area contributed by atoms with Crippen LogP contribution in [0.1, 0.15) is 60.3 Å². The number of para-hydroxylation sites is 1. The van der Waals surface area contributed by atoms with Gasteiger partial charge in [-0.3, -0.25) is 4.79 Å². The first-order valence-corrected chi connectivity index (χ1v) is 11.7. The van der Waals surface area contributed by atoms with Gasteiger partial charge in [0.25, 0.3) is 5.91 Å². The van der Waals surface area contributed by atoms with E-state index in [9.17, 15) is 4.79 Å². The second-order valence-electron chi connectivity index (χ2n) is 8.31. The van der Waals surface area contributed by atoms with Gasteiger partial charge in [-0.15, -0.1) is 0 Å². The second kappa shape index (κ2) is 10.9. The number of benzene rings is 3. The second-order valence-corrected chi connectivity index (χ2v) is 8.31. The molecule has 0 aromatic heterocycles. The molecular weight excluding hydrogens is 396 g/mol. The van der Waals surface area contributed by atoms with Gasteiger partial charge in [0, 0.05) is 12.2 Å². The molecule has 1 aliphatic rings. The number of hydrogen-bond donors (Lipinski definition) is 1. The lowest BCUT2D eigenvalue weighted by molar-refractivity contribution is 0.0685. The SMILES string of the molecule is CCCCCCOc1cccc(C2Nc3ccccc3C(=O)N2CCc2ccccc2)c1. The van der Waals surface area contributed by atoms with Crippen molar-refractivity contribution >= 4 is 11.6 Å². The first-order valence-electron chi connectivity index (χ1n) is 11.7. The number of unbranched alkanes of at least 4 members (excludes halogenated alkanes) is 3. The van der Waals surface area contributed by atoms with Crippen molar-refractivity contribution < 1.29 is 9.53 Å². The Morgan fingerprint density at radius 3 is 2.56 bits per heavy atom. The van der Waals surface area contributed by atoms with E-state index in [1.54, 1.807) is 0 Å². The van der Waals surface area contributed by atoms with Crippen LogP contribution in [0.2, 0.25) is 0 Å². The largest absolute Gasteiger partial charge is 0.494 e. The molecular formula is C28H32N2O2. The molecule has 3 aromatic rings. The molecule has 1 N–H and O–H groups in total. The molecule has 1 unspecified atom stereocenters. The lowest BCUT2D eigenvalue weighted by Gasteiger charge is -2.38. The van der Waals surface area contributed by atoms with Crippen molar-refractivity contribution in [2.45, 2.75) is 45.2 Å². The average Bonchev–Trinajstić information content (AvgIpc) is 2.84. The van der Waals surface area contributed by atoms with Crippen LogP contribution in [0, 0.1) is 0 Å². The molecule has 1 heterocycles. The number of nitrogens with zero attached hydrogens (tertiary/aromatic N) is 1. The van der Waals surface area contributed by atoms with Crippen molar-refractivity contribution in [2.24, 2.45) is 0 Å². The predicted molar refractivity (Wildman–Crippen MR) is 130 cm³/mol. The number of fused-ring (bicyclic) bond motifs is 1. The van der Waals surface area contributed by atoms with E-state index in [1.165, 1.54) is 24.8 Å². The van der Waals surface area contributed by atoms with Crippen molar-refractivity contribution in [3.8, 4) is 5.75 Å². The molecule has 4 heteroatoms. The number of hydrogen-bond acceptors (Lipinski definition) is 3. The summed E-state index contributed by atoms with van der Waals surface area (Å²) in [4.78, 5) is 15.4. The van der Waals surface area contributed by atoms with Gasteiger partial charge in [-0.1, -0.05) is 80.8 Å². The van der Waals surface area contributed by atoms with Gasteiger partial charge < -0.3 is 15.0 Å². The summed E-state index contributed by atoms with van der Waals surface area (Å²) < 4.78 is 6.01. The maximum atomic E-state index is 13.4. The van der Waals surface area contributed by atoms with Crippen LogP contribution in [0.5, 0.6) is 5.75 Å². The van der Waals surface area contributed by atoms with Crippen molar-refractivity contribution in [1.82, 2.24) is 4.90 Å². The van der Waals surface area contributed by atoms with Crippen LogP contribution in [0.4, 0.5) is 5.69 Å². The lowest BCUT2D eigenvalue weighted by Crippen LogP contribution is -2.44. The minimum absolute atomic E-state index is 0.0613. The van der Waals surface area contributed by atoms with E-state index in [0.29, 0.717) is 6.54 Å². The van der Waals surface area contributed by atoms with E-state index in [2.05, 4.69) is 36.5 Å². The van der Waals surface area contributed by atoms with Gasteiger partial charge >= 0.3 is 0 Å². The molecule has 1 amide bonds. The van der Waals surface area contributed by atoms with Crippen LogP contribution in [0.15, 0.2) is 78.9 Å². The number of carbonyl (C=O) groups excluding carboxylic acids is 1. The molecule has 0 saturated carbocycles. The third-order valence-electron chi connectivity index (χ3n) is 5.95. The molecule has 0 bridgehead atoms. The average molecular weight is 429 g/mol. The number of ether oxygens (including phenoxy) is 1. The molecule has 1 aliphatic heterocycles. The Bertz CT molecular complexity index is 1020. The van der Waals surface area contributed by atoms with Gasteiger partial charge in [-0.05, 0) is 48.2 Å². The summed E-state index contributed by atoms with van der Waals surface area (Å²) >= 11 is 0. The number of rotatable bonds is 10. The standard InChI is InChI=1S/C28H32N2O2/c1-2-3-4-10-20-32-24-15-11-14-23(21-24)27-29-26-17-9-8-16-25(26)28(31)30(27)19-18-22-12-6-5-7-13-22/h5-9,11-17,21,27,29H,2-4,10,18-20H2,1H3. The predicted octanol–water partition coefficient (Wildman–Crippen LogP) is 6.45. The smallest absolute Gasteiger partial charge is 0.257 e. The van der Waals surface area contributed by atoms with Crippen LogP contribution >= 0.6 is 0 Å². The Kier molecular flexibility index (Phi) is 7.44. The maximum absolute atomic E-state index is 13.4. The fraction of sp³-hybridized carbons (Fsp3) is 0.321. The molecule has 0 saturated heterocycles. The summed E-state index contributed by atoms with van der Waals surface area (Å²) in [5.41, 5.74) is 3.86.